The minimum Gasteiger partial charge on any atom is -0.497 e. The predicted octanol–water partition coefficient (Wildman–Crippen LogP) is 4.45. The highest BCUT2D eigenvalue weighted by molar-refractivity contribution is 5.79. The third-order valence-corrected chi connectivity index (χ3v) is 4.35. The molecule has 26 heavy (non-hydrogen) atoms. The van der Waals surface area contributed by atoms with Crippen molar-refractivity contribution in [3.05, 3.63) is 101 Å². The third-order valence-electron chi connectivity index (χ3n) is 4.35. The summed E-state index contributed by atoms with van der Waals surface area (Å²) >= 11 is 0. The van der Waals surface area contributed by atoms with Gasteiger partial charge in [-0.05, 0) is 35.7 Å². The second-order valence-corrected chi connectivity index (χ2v) is 6.35. The Morgan fingerprint density at radius 3 is 2.31 bits per heavy atom. The molecule has 0 saturated heterocycles. The van der Waals surface area contributed by atoms with Crippen LogP contribution in [0.15, 0.2) is 78.9 Å². The molecule has 3 nitrogen and oxygen atoms in total. The van der Waals surface area contributed by atoms with Crippen molar-refractivity contribution < 1.29 is 9.53 Å². The van der Waals surface area contributed by atoms with E-state index in [2.05, 4.69) is 36.5 Å². The lowest BCUT2D eigenvalue weighted by Gasteiger charge is -2.20. The highest BCUT2D eigenvalue weighted by Gasteiger charge is 2.17. The average Bonchev–Trinajstić information content (AvgIpc) is 2.68. The van der Waals surface area contributed by atoms with Crippen molar-refractivity contribution in [2.24, 2.45) is 0 Å². The van der Waals surface area contributed by atoms with Gasteiger partial charge in [0.2, 0.25) is 5.91 Å². The number of hydrogen-bond acceptors (Lipinski definition) is 2. The van der Waals surface area contributed by atoms with E-state index in [-0.39, 0.29) is 11.9 Å². The van der Waals surface area contributed by atoms with Gasteiger partial charge in [-0.25, -0.2) is 0 Å². The fraction of sp³-hybridized carbons (Fsp3) is 0.174. The minimum absolute atomic E-state index is 0.0207. The molecule has 1 atom stereocenters. The lowest BCUT2D eigenvalue weighted by Crippen LogP contribution is -2.30. The summed E-state index contributed by atoms with van der Waals surface area (Å²) in [4.78, 5) is 12.7. The topological polar surface area (TPSA) is 38.3 Å². The van der Waals surface area contributed by atoms with Crippen molar-refractivity contribution in [2.45, 2.75) is 19.4 Å². The SMILES string of the molecule is COc1cccc(CC(=O)N[C@@H](c2ccccc2)c2ccc(C)cc2)c1. The number of carbonyl (C=O) groups is 1. The molecule has 132 valence electrons. The van der Waals surface area contributed by atoms with E-state index in [1.165, 1.54) is 5.56 Å². The van der Waals surface area contributed by atoms with Gasteiger partial charge in [0.15, 0.2) is 0 Å². The second kappa shape index (κ2) is 8.34. The molecule has 3 rings (SSSR count). The van der Waals surface area contributed by atoms with Crippen LogP contribution in [0, 0.1) is 6.92 Å². The summed E-state index contributed by atoms with van der Waals surface area (Å²) < 4.78 is 5.24. The molecule has 0 radical (unpaired) electrons. The van der Waals surface area contributed by atoms with E-state index in [9.17, 15) is 4.79 Å². The van der Waals surface area contributed by atoms with Gasteiger partial charge in [-0.2, -0.15) is 0 Å². The fourth-order valence-corrected chi connectivity index (χ4v) is 2.94. The van der Waals surface area contributed by atoms with Crippen LogP contribution in [0.5, 0.6) is 5.75 Å². The summed E-state index contributed by atoms with van der Waals surface area (Å²) in [5, 5.41) is 3.18. The molecule has 0 aromatic heterocycles. The van der Waals surface area contributed by atoms with Gasteiger partial charge in [0.25, 0.3) is 0 Å². The Balaban J connectivity index is 1.81. The molecule has 1 N–H and O–H groups in total. The lowest BCUT2D eigenvalue weighted by atomic mass is 9.97. The summed E-state index contributed by atoms with van der Waals surface area (Å²) in [6.07, 6.45) is 0.312. The van der Waals surface area contributed by atoms with E-state index in [4.69, 9.17) is 4.74 Å². The lowest BCUT2D eigenvalue weighted by molar-refractivity contribution is -0.120. The first-order chi connectivity index (χ1) is 12.7. The molecule has 0 bridgehead atoms. The van der Waals surface area contributed by atoms with Gasteiger partial charge < -0.3 is 10.1 Å². The number of carbonyl (C=O) groups excluding carboxylic acids is 1. The molecule has 1 amide bonds. The minimum atomic E-state index is -0.171. The Hall–Kier alpha value is -3.07. The van der Waals surface area contributed by atoms with Crippen LogP contribution in [0.3, 0.4) is 0 Å². The fourth-order valence-electron chi connectivity index (χ4n) is 2.94. The van der Waals surface area contributed by atoms with Crippen LogP contribution in [0.1, 0.15) is 28.3 Å². The first kappa shape index (κ1) is 17.7. The summed E-state index contributed by atoms with van der Waals surface area (Å²) in [5.74, 6) is 0.737. The van der Waals surface area contributed by atoms with Crippen LogP contribution < -0.4 is 10.1 Å². The smallest absolute Gasteiger partial charge is 0.225 e. The van der Waals surface area contributed by atoms with E-state index in [1.807, 2.05) is 54.6 Å². The third kappa shape index (κ3) is 4.51. The Labute approximate surface area is 154 Å². The summed E-state index contributed by atoms with van der Waals surface area (Å²) in [7, 11) is 1.63. The molecular weight excluding hydrogens is 322 g/mol. The number of methoxy groups -OCH3 is 1. The van der Waals surface area contributed by atoms with Crippen molar-refractivity contribution in [2.75, 3.05) is 7.11 Å². The van der Waals surface area contributed by atoms with E-state index in [0.29, 0.717) is 6.42 Å². The largest absolute Gasteiger partial charge is 0.497 e. The molecule has 0 spiro atoms. The molecule has 3 heteroatoms. The molecule has 0 aliphatic heterocycles. The standard InChI is InChI=1S/C23H23NO2/c1-17-11-13-20(14-12-17)23(19-8-4-3-5-9-19)24-22(25)16-18-7-6-10-21(15-18)26-2/h3-15,23H,16H2,1-2H3,(H,24,25)/t23-/m0/s1. The van der Waals surface area contributed by atoms with E-state index in [1.54, 1.807) is 7.11 Å². The molecule has 3 aromatic rings. The molecule has 0 saturated carbocycles. The van der Waals surface area contributed by atoms with E-state index >= 15 is 0 Å². The molecular formula is C23H23NO2. The maximum atomic E-state index is 12.7. The second-order valence-electron chi connectivity index (χ2n) is 6.35. The van der Waals surface area contributed by atoms with Gasteiger partial charge in [0.1, 0.15) is 5.75 Å². The monoisotopic (exact) mass is 345 g/mol. The van der Waals surface area contributed by atoms with Crippen LogP contribution in [-0.2, 0) is 11.2 Å². The Morgan fingerprint density at radius 1 is 0.923 bits per heavy atom. The molecule has 0 heterocycles. The zero-order valence-electron chi connectivity index (χ0n) is 15.1. The Bertz CT molecular complexity index is 857. The highest BCUT2D eigenvalue weighted by Crippen LogP contribution is 2.23. The first-order valence-corrected chi connectivity index (χ1v) is 8.69. The van der Waals surface area contributed by atoms with Gasteiger partial charge in [0, 0.05) is 0 Å². The first-order valence-electron chi connectivity index (χ1n) is 8.69. The van der Waals surface area contributed by atoms with Crippen LogP contribution in [0.2, 0.25) is 0 Å². The van der Waals surface area contributed by atoms with Gasteiger partial charge in [-0.15, -0.1) is 0 Å². The number of benzene rings is 3. The number of nitrogens with one attached hydrogen (secondary N) is 1. The van der Waals surface area contributed by atoms with Crippen molar-refractivity contribution >= 4 is 5.91 Å². The summed E-state index contributed by atoms with van der Waals surface area (Å²) in [6, 6.07) is 25.7. The maximum absolute atomic E-state index is 12.7. The van der Waals surface area contributed by atoms with Crippen LogP contribution in [0.25, 0.3) is 0 Å². The maximum Gasteiger partial charge on any atom is 0.225 e. The van der Waals surface area contributed by atoms with Crippen molar-refractivity contribution in [1.82, 2.24) is 5.32 Å². The zero-order chi connectivity index (χ0) is 18.4. The van der Waals surface area contributed by atoms with Gasteiger partial charge >= 0.3 is 0 Å². The number of rotatable bonds is 6. The number of aryl methyl sites for hydroxylation is 1. The van der Waals surface area contributed by atoms with Crippen molar-refractivity contribution in [3.63, 3.8) is 0 Å². The number of hydrogen-bond donors (Lipinski definition) is 1. The van der Waals surface area contributed by atoms with Crippen LogP contribution >= 0.6 is 0 Å². The normalized spacial score (nSPS) is 11.6. The average molecular weight is 345 g/mol. The molecule has 0 aliphatic rings. The van der Waals surface area contributed by atoms with E-state index in [0.717, 1.165) is 22.4 Å². The van der Waals surface area contributed by atoms with Crippen molar-refractivity contribution in [1.29, 1.82) is 0 Å². The predicted molar refractivity (Wildman–Crippen MR) is 104 cm³/mol. The Morgan fingerprint density at radius 2 is 1.62 bits per heavy atom. The quantitative estimate of drug-likeness (QED) is 0.717. The summed E-state index contributed by atoms with van der Waals surface area (Å²) in [5.41, 5.74) is 4.26. The van der Waals surface area contributed by atoms with E-state index < -0.39 is 0 Å². The highest BCUT2D eigenvalue weighted by atomic mass is 16.5. The number of ether oxygens (including phenoxy) is 1. The zero-order valence-corrected chi connectivity index (χ0v) is 15.1. The molecule has 0 aliphatic carbocycles. The van der Waals surface area contributed by atoms with Gasteiger partial charge in [-0.1, -0.05) is 72.3 Å². The number of amides is 1. The van der Waals surface area contributed by atoms with Crippen LogP contribution in [-0.4, -0.2) is 13.0 Å². The van der Waals surface area contributed by atoms with Crippen molar-refractivity contribution in [3.8, 4) is 5.75 Å². The molecule has 0 fully saturated rings. The van der Waals surface area contributed by atoms with Gasteiger partial charge in [-0.3, -0.25) is 4.79 Å². The van der Waals surface area contributed by atoms with Crippen LogP contribution in [0.4, 0.5) is 0 Å². The van der Waals surface area contributed by atoms with Gasteiger partial charge in [0.05, 0.1) is 19.6 Å². The molecule has 3 aromatic carbocycles. The Kier molecular flexibility index (Phi) is 5.69. The molecule has 0 unspecified atom stereocenters. The summed E-state index contributed by atoms with van der Waals surface area (Å²) in [6.45, 7) is 2.06.